The first-order chi connectivity index (χ1) is 13.0. The number of esters is 3. The summed E-state index contributed by atoms with van der Waals surface area (Å²) in [6.45, 7) is 11.2. The first kappa shape index (κ1) is 26.7. The Morgan fingerprint density at radius 1 is 1.00 bits per heavy atom. The van der Waals surface area contributed by atoms with Gasteiger partial charge in [-0.05, 0) is 26.2 Å². The second-order valence-electron chi connectivity index (χ2n) is 7.95. The topological polar surface area (TPSA) is 99.1 Å². The van der Waals surface area contributed by atoms with Crippen molar-refractivity contribution in [1.82, 2.24) is 0 Å². The SMILES string of the molecule is CCC(C)C(=O)OCC(O)COC(=O)CCSCC(C)(C)C(=O)OCC(C)C. The van der Waals surface area contributed by atoms with Crippen LogP contribution in [-0.2, 0) is 28.6 Å². The average Bonchev–Trinajstić information content (AvgIpc) is 2.64. The van der Waals surface area contributed by atoms with E-state index >= 15 is 0 Å². The second kappa shape index (κ2) is 13.8. The van der Waals surface area contributed by atoms with Gasteiger partial charge in [-0.3, -0.25) is 14.4 Å². The summed E-state index contributed by atoms with van der Waals surface area (Å²) in [5, 5.41) is 9.72. The summed E-state index contributed by atoms with van der Waals surface area (Å²) in [5.41, 5.74) is -0.626. The molecule has 2 atom stereocenters. The highest BCUT2D eigenvalue weighted by Gasteiger charge is 2.29. The van der Waals surface area contributed by atoms with Gasteiger partial charge in [0.25, 0.3) is 0 Å². The minimum atomic E-state index is -1.04. The third-order valence-corrected chi connectivity index (χ3v) is 5.30. The van der Waals surface area contributed by atoms with E-state index in [2.05, 4.69) is 0 Å². The molecule has 0 aromatic rings. The van der Waals surface area contributed by atoms with Crippen LogP contribution < -0.4 is 0 Å². The molecule has 0 saturated carbocycles. The molecule has 0 heterocycles. The molecule has 2 unspecified atom stereocenters. The lowest BCUT2D eigenvalue weighted by Gasteiger charge is -2.22. The fourth-order valence-corrected chi connectivity index (χ4v) is 2.86. The van der Waals surface area contributed by atoms with Gasteiger partial charge in [-0.25, -0.2) is 0 Å². The fourth-order valence-electron chi connectivity index (χ4n) is 1.78. The molecule has 0 aromatic heterocycles. The molecule has 0 saturated heterocycles. The number of hydrogen-bond acceptors (Lipinski definition) is 8. The molecule has 0 rings (SSSR count). The van der Waals surface area contributed by atoms with Crippen molar-refractivity contribution in [3.8, 4) is 0 Å². The lowest BCUT2D eigenvalue weighted by Crippen LogP contribution is -2.30. The van der Waals surface area contributed by atoms with E-state index in [1.165, 1.54) is 11.8 Å². The molecular weight excluding hydrogens is 384 g/mol. The molecule has 0 aliphatic heterocycles. The molecular formula is C20H36O7S. The lowest BCUT2D eigenvalue weighted by atomic mass is 9.97. The van der Waals surface area contributed by atoms with Crippen molar-refractivity contribution in [1.29, 1.82) is 0 Å². The monoisotopic (exact) mass is 420 g/mol. The molecule has 7 nitrogen and oxygen atoms in total. The van der Waals surface area contributed by atoms with E-state index in [1.807, 2.05) is 34.6 Å². The van der Waals surface area contributed by atoms with Gasteiger partial charge in [0.1, 0.15) is 19.3 Å². The number of carbonyl (C=O) groups excluding carboxylic acids is 3. The van der Waals surface area contributed by atoms with E-state index in [1.54, 1.807) is 6.92 Å². The molecule has 0 radical (unpaired) electrons. The zero-order valence-electron chi connectivity index (χ0n) is 18.0. The number of aliphatic hydroxyl groups excluding tert-OH is 1. The van der Waals surface area contributed by atoms with Gasteiger partial charge in [0.15, 0.2) is 0 Å². The Hall–Kier alpha value is -1.28. The predicted octanol–water partition coefficient (Wildman–Crippen LogP) is 2.83. The van der Waals surface area contributed by atoms with Gasteiger partial charge in [-0.15, -0.1) is 0 Å². The summed E-state index contributed by atoms with van der Waals surface area (Å²) >= 11 is 1.47. The number of rotatable bonds is 14. The van der Waals surface area contributed by atoms with Crippen molar-refractivity contribution in [3.05, 3.63) is 0 Å². The molecule has 0 bridgehead atoms. The number of aliphatic hydroxyl groups is 1. The van der Waals surface area contributed by atoms with Gasteiger partial charge < -0.3 is 19.3 Å². The Morgan fingerprint density at radius 3 is 2.18 bits per heavy atom. The summed E-state index contributed by atoms with van der Waals surface area (Å²) in [6, 6.07) is 0. The first-order valence-electron chi connectivity index (χ1n) is 9.74. The quantitative estimate of drug-likeness (QED) is 0.260. The van der Waals surface area contributed by atoms with E-state index in [0.29, 0.717) is 24.5 Å². The highest BCUT2D eigenvalue weighted by Crippen LogP contribution is 2.24. The Balaban J connectivity index is 3.95. The summed E-state index contributed by atoms with van der Waals surface area (Å²) in [4.78, 5) is 35.3. The minimum Gasteiger partial charge on any atom is -0.465 e. The van der Waals surface area contributed by atoms with Crippen molar-refractivity contribution >= 4 is 29.7 Å². The molecule has 8 heteroatoms. The largest absolute Gasteiger partial charge is 0.465 e. The maximum Gasteiger partial charge on any atom is 0.312 e. The van der Waals surface area contributed by atoms with Crippen LogP contribution in [0.5, 0.6) is 0 Å². The standard InChI is InChI=1S/C20H36O7S/c1-7-15(4)18(23)26-12-16(21)11-25-17(22)8-9-28-13-20(5,6)19(24)27-10-14(2)3/h14-16,21H,7-13H2,1-6H3. The van der Waals surface area contributed by atoms with Crippen molar-refractivity contribution in [3.63, 3.8) is 0 Å². The van der Waals surface area contributed by atoms with Crippen molar-refractivity contribution in [2.75, 3.05) is 31.3 Å². The first-order valence-corrected chi connectivity index (χ1v) is 10.9. The molecule has 1 N–H and O–H groups in total. The van der Waals surface area contributed by atoms with Gasteiger partial charge >= 0.3 is 17.9 Å². The third kappa shape index (κ3) is 12.2. The van der Waals surface area contributed by atoms with Crippen LogP contribution in [0.25, 0.3) is 0 Å². The maximum absolute atomic E-state index is 12.1. The number of ether oxygens (including phenoxy) is 3. The summed E-state index contributed by atoms with van der Waals surface area (Å²) in [7, 11) is 0. The Morgan fingerprint density at radius 2 is 1.61 bits per heavy atom. The summed E-state index contributed by atoms with van der Waals surface area (Å²) in [5.74, 6) is 0.0319. The van der Waals surface area contributed by atoms with Crippen LogP contribution in [0.1, 0.15) is 54.4 Å². The number of hydrogen-bond donors (Lipinski definition) is 1. The Kier molecular flexibility index (Phi) is 13.2. The molecule has 0 aliphatic rings. The van der Waals surface area contributed by atoms with Crippen molar-refractivity contribution in [2.45, 2.75) is 60.5 Å². The highest BCUT2D eigenvalue weighted by molar-refractivity contribution is 7.99. The summed E-state index contributed by atoms with van der Waals surface area (Å²) < 4.78 is 15.2. The van der Waals surface area contributed by atoms with Crippen LogP contribution in [0, 0.1) is 17.3 Å². The van der Waals surface area contributed by atoms with Crippen LogP contribution in [0.2, 0.25) is 0 Å². The zero-order chi connectivity index (χ0) is 21.7. The third-order valence-electron chi connectivity index (χ3n) is 3.88. The van der Waals surface area contributed by atoms with Gasteiger partial charge in [0.05, 0.1) is 24.4 Å². The van der Waals surface area contributed by atoms with E-state index in [-0.39, 0.29) is 43.4 Å². The summed E-state index contributed by atoms with van der Waals surface area (Å²) in [6.07, 6.45) is -0.214. The maximum atomic E-state index is 12.1. The minimum absolute atomic E-state index is 0.168. The van der Waals surface area contributed by atoms with Gasteiger partial charge in [-0.1, -0.05) is 27.7 Å². The normalized spacial score (nSPS) is 13.7. The van der Waals surface area contributed by atoms with Crippen LogP contribution >= 0.6 is 11.8 Å². The number of thioether (sulfide) groups is 1. The Bertz CT molecular complexity index is 491. The molecule has 0 aromatic carbocycles. The van der Waals surface area contributed by atoms with Crippen molar-refractivity contribution in [2.24, 2.45) is 17.3 Å². The molecule has 28 heavy (non-hydrogen) atoms. The fraction of sp³-hybridized carbons (Fsp3) is 0.850. The molecule has 0 aliphatic carbocycles. The lowest BCUT2D eigenvalue weighted by molar-refractivity contribution is -0.155. The smallest absolute Gasteiger partial charge is 0.312 e. The molecule has 0 fully saturated rings. The van der Waals surface area contributed by atoms with Gasteiger partial charge in [0, 0.05) is 11.5 Å². The average molecular weight is 421 g/mol. The van der Waals surface area contributed by atoms with E-state index in [4.69, 9.17) is 14.2 Å². The molecule has 0 amide bonds. The number of carbonyl (C=O) groups is 3. The van der Waals surface area contributed by atoms with E-state index in [9.17, 15) is 19.5 Å². The predicted molar refractivity (Wildman–Crippen MR) is 109 cm³/mol. The van der Waals surface area contributed by atoms with E-state index in [0.717, 1.165) is 0 Å². The zero-order valence-corrected chi connectivity index (χ0v) is 18.8. The van der Waals surface area contributed by atoms with Crippen molar-refractivity contribution < 1.29 is 33.7 Å². The van der Waals surface area contributed by atoms with Crippen LogP contribution in [0.15, 0.2) is 0 Å². The van der Waals surface area contributed by atoms with E-state index < -0.39 is 17.5 Å². The van der Waals surface area contributed by atoms with Gasteiger partial charge in [-0.2, -0.15) is 11.8 Å². The highest BCUT2D eigenvalue weighted by atomic mass is 32.2. The van der Waals surface area contributed by atoms with Crippen LogP contribution in [-0.4, -0.2) is 60.4 Å². The molecule has 0 spiro atoms. The second-order valence-corrected chi connectivity index (χ2v) is 9.06. The van der Waals surface area contributed by atoms with Crippen LogP contribution in [0.3, 0.4) is 0 Å². The molecule has 164 valence electrons. The van der Waals surface area contributed by atoms with Crippen LogP contribution in [0.4, 0.5) is 0 Å². The van der Waals surface area contributed by atoms with Gasteiger partial charge in [0.2, 0.25) is 0 Å². The Labute approximate surface area is 172 Å².